The number of rotatable bonds is 8. The number of benzene rings is 2. The van der Waals surface area contributed by atoms with Crippen LogP contribution in [-0.2, 0) is 16.1 Å². The minimum absolute atomic E-state index is 0.210. The number of amides is 2. The average Bonchev–Trinajstić information content (AvgIpc) is 2.63. The van der Waals surface area contributed by atoms with Crippen LogP contribution in [0.2, 0.25) is 0 Å². The average molecular weight is 437 g/mol. The number of ether oxygens (including phenoxy) is 1. The second-order valence-electron chi connectivity index (χ2n) is 5.59. The zero-order chi connectivity index (χ0) is 18.9. The molecule has 0 bridgehead atoms. The Morgan fingerprint density at radius 1 is 1.19 bits per heavy atom. The van der Waals surface area contributed by atoms with Crippen molar-refractivity contribution in [1.29, 1.82) is 0 Å². The highest BCUT2D eigenvalue weighted by Gasteiger charge is 2.19. The molecular weight excluding hydrogens is 416 g/mol. The quantitative estimate of drug-likeness (QED) is 0.622. The monoisotopic (exact) mass is 436 g/mol. The number of nitrogens with one attached hydrogen (secondary N) is 2. The van der Waals surface area contributed by atoms with Gasteiger partial charge in [0.2, 0.25) is 11.8 Å². The predicted molar refractivity (Wildman–Crippen MR) is 107 cm³/mol. The first kappa shape index (κ1) is 20.3. The minimum atomic E-state index is -0.602. The third kappa shape index (κ3) is 6.72. The Morgan fingerprint density at radius 3 is 2.54 bits per heavy atom. The number of halogens is 1. The summed E-state index contributed by atoms with van der Waals surface area (Å²) in [5, 5.41) is 5.59. The van der Waals surface area contributed by atoms with Gasteiger partial charge in [0.15, 0.2) is 0 Å². The fraction of sp³-hybridized carbons (Fsp3) is 0.263. The first-order valence-electron chi connectivity index (χ1n) is 8.04. The van der Waals surface area contributed by atoms with Crippen LogP contribution in [0.5, 0.6) is 5.75 Å². The summed E-state index contributed by atoms with van der Waals surface area (Å²) in [4.78, 5) is 25.0. The zero-order valence-corrected chi connectivity index (χ0v) is 17.0. The first-order valence-corrected chi connectivity index (χ1v) is 9.82. The van der Waals surface area contributed by atoms with E-state index in [-0.39, 0.29) is 11.8 Å². The van der Waals surface area contributed by atoms with E-state index in [1.54, 1.807) is 7.11 Å². The Kier molecular flexibility index (Phi) is 8.00. The lowest BCUT2D eigenvalue weighted by molar-refractivity contribution is -0.127. The number of carbonyl (C=O) groups excluding carboxylic acids is 2. The molecule has 138 valence electrons. The standard InChI is InChI=1S/C19H21BrN2O3S/c1-13(23)22-18(12-26-17-5-3-4-15(20)10-17)19(24)21-11-14-6-8-16(25-2)9-7-14/h3-10,18H,11-12H2,1-2H3,(H,21,24)(H,22,23). The molecular formula is C19H21BrN2O3S. The van der Waals surface area contributed by atoms with Crippen LogP contribution >= 0.6 is 27.7 Å². The van der Waals surface area contributed by atoms with Crippen LogP contribution < -0.4 is 15.4 Å². The molecule has 2 N–H and O–H groups in total. The summed E-state index contributed by atoms with van der Waals surface area (Å²) >= 11 is 4.95. The van der Waals surface area contributed by atoms with Gasteiger partial charge in [0.1, 0.15) is 11.8 Å². The highest BCUT2D eigenvalue weighted by Crippen LogP contribution is 2.22. The minimum Gasteiger partial charge on any atom is -0.497 e. The maximum absolute atomic E-state index is 12.5. The molecule has 26 heavy (non-hydrogen) atoms. The van der Waals surface area contributed by atoms with Crippen molar-refractivity contribution < 1.29 is 14.3 Å². The van der Waals surface area contributed by atoms with Crippen LogP contribution in [0, 0.1) is 0 Å². The van der Waals surface area contributed by atoms with Crippen LogP contribution in [0.4, 0.5) is 0 Å². The summed E-state index contributed by atoms with van der Waals surface area (Å²) in [6.07, 6.45) is 0. The van der Waals surface area contributed by atoms with Crippen molar-refractivity contribution in [2.45, 2.75) is 24.4 Å². The van der Waals surface area contributed by atoms with E-state index in [1.165, 1.54) is 18.7 Å². The molecule has 0 aromatic heterocycles. The molecule has 0 spiro atoms. The van der Waals surface area contributed by atoms with Gasteiger partial charge in [0.25, 0.3) is 0 Å². The van der Waals surface area contributed by atoms with Gasteiger partial charge in [0, 0.05) is 28.6 Å². The van der Waals surface area contributed by atoms with Crippen molar-refractivity contribution in [3.63, 3.8) is 0 Å². The van der Waals surface area contributed by atoms with Crippen molar-refractivity contribution in [3.05, 3.63) is 58.6 Å². The highest BCUT2D eigenvalue weighted by atomic mass is 79.9. The molecule has 7 heteroatoms. The summed E-state index contributed by atoms with van der Waals surface area (Å²) < 4.78 is 6.09. The van der Waals surface area contributed by atoms with Crippen LogP contribution in [0.3, 0.4) is 0 Å². The molecule has 0 saturated carbocycles. The molecule has 5 nitrogen and oxygen atoms in total. The van der Waals surface area contributed by atoms with Gasteiger partial charge in [-0.05, 0) is 35.9 Å². The maximum atomic E-state index is 12.5. The Hall–Kier alpha value is -1.99. The number of methoxy groups -OCH3 is 1. The first-order chi connectivity index (χ1) is 12.5. The Bertz CT molecular complexity index is 753. The third-order valence-electron chi connectivity index (χ3n) is 3.53. The maximum Gasteiger partial charge on any atom is 0.243 e. The summed E-state index contributed by atoms with van der Waals surface area (Å²) in [6.45, 7) is 1.80. The van der Waals surface area contributed by atoms with E-state index in [9.17, 15) is 9.59 Å². The Balaban J connectivity index is 1.93. The molecule has 0 aliphatic rings. The van der Waals surface area contributed by atoms with Gasteiger partial charge in [-0.3, -0.25) is 9.59 Å². The van der Waals surface area contributed by atoms with E-state index in [0.717, 1.165) is 20.7 Å². The van der Waals surface area contributed by atoms with E-state index >= 15 is 0 Å². The van der Waals surface area contributed by atoms with Crippen molar-refractivity contribution >= 4 is 39.5 Å². The molecule has 1 unspecified atom stereocenters. The molecule has 0 saturated heterocycles. The number of carbonyl (C=O) groups is 2. The number of hydrogen-bond acceptors (Lipinski definition) is 4. The van der Waals surface area contributed by atoms with Gasteiger partial charge in [-0.1, -0.05) is 34.1 Å². The smallest absolute Gasteiger partial charge is 0.243 e. The summed E-state index contributed by atoms with van der Waals surface area (Å²) in [6, 6.07) is 14.7. The fourth-order valence-corrected chi connectivity index (χ4v) is 3.75. The van der Waals surface area contributed by atoms with E-state index in [4.69, 9.17) is 4.74 Å². The van der Waals surface area contributed by atoms with Gasteiger partial charge in [-0.2, -0.15) is 0 Å². The van der Waals surface area contributed by atoms with Crippen LogP contribution in [0.15, 0.2) is 57.9 Å². The molecule has 2 aromatic rings. The van der Waals surface area contributed by atoms with E-state index < -0.39 is 6.04 Å². The number of thioether (sulfide) groups is 1. The third-order valence-corrected chi connectivity index (χ3v) is 5.11. The van der Waals surface area contributed by atoms with Crippen LogP contribution in [0.25, 0.3) is 0 Å². The van der Waals surface area contributed by atoms with Gasteiger partial charge in [0.05, 0.1) is 7.11 Å². The van der Waals surface area contributed by atoms with E-state index in [0.29, 0.717) is 12.3 Å². The van der Waals surface area contributed by atoms with Gasteiger partial charge in [-0.15, -0.1) is 11.8 Å². The second kappa shape index (κ2) is 10.2. The lowest BCUT2D eigenvalue weighted by Gasteiger charge is -2.17. The van der Waals surface area contributed by atoms with Gasteiger partial charge in [-0.25, -0.2) is 0 Å². The normalized spacial score (nSPS) is 11.5. The molecule has 2 rings (SSSR count). The molecule has 0 aliphatic heterocycles. The number of hydrogen-bond donors (Lipinski definition) is 2. The lowest BCUT2D eigenvalue weighted by Crippen LogP contribution is -2.47. The largest absolute Gasteiger partial charge is 0.497 e. The molecule has 0 aliphatic carbocycles. The van der Waals surface area contributed by atoms with Crippen molar-refractivity contribution in [3.8, 4) is 5.75 Å². The molecule has 2 aromatic carbocycles. The van der Waals surface area contributed by atoms with Gasteiger partial charge >= 0.3 is 0 Å². The summed E-state index contributed by atoms with van der Waals surface area (Å²) in [5.74, 6) is 0.773. The zero-order valence-electron chi connectivity index (χ0n) is 14.6. The highest BCUT2D eigenvalue weighted by molar-refractivity contribution is 9.10. The van der Waals surface area contributed by atoms with Crippen molar-refractivity contribution in [1.82, 2.24) is 10.6 Å². The Morgan fingerprint density at radius 2 is 1.92 bits per heavy atom. The Labute approximate surface area is 166 Å². The summed E-state index contributed by atoms with van der Waals surface area (Å²) in [5.41, 5.74) is 0.959. The topological polar surface area (TPSA) is 67.4 Å². The van der Waals surface area contributed by atoms with Crippen molar-refractivity contribution in [2.24, 2.45) is 0 Å². The fourth-order valence-electron chi connectivity index (χ4n) is 2.22. The molecule has 0 fully saturated rings. The predicted octanol–water partition coefficient (Wildman–Crippen LogP) is 3.37. The molecule has 0 heterocycles. The molecule has 0 radical (unpaired) electrons. The van der Waals surface area contributed by atoms with Gasteiger partial charge < -0.3 is 15.4 Å². The lowest BCUT2D eigenvalue weighted by atomic mass is 10.2. The van der Waals surface area contributed by atoms with E-state index in [1.807, 2.05) is 48.5 Å². The SMILES string of the molecule is COc1ccc(CNC(=O)C(CSc2cccc(Br)c2)NC(C)=O)cc1. The van der Waals surface area contributed by atoms with Crippen LogP contribution in [0.1, 0.15) is 12.5 Å². The molecule has 1 atom stereocenters. The van der Waals surface area contributed by atoms with E-state index in [2.05, 4.69) is 26.6 Å². The summed E-state index contributed by atoms with van der Waals surface area (Å²) in [7, 11) is 1.61. The second-order valence-corrected chi connectivity index (χ2v) is 7.60. The molecule has 2 amide bonds. The van der Waals surface area contributed by atoms with Crippen molar-refractivity contribution in [2.75, 3.05) is 12.9 Å². The van der Waals surface area contributed by atoms with Crippen LogP contribution in [-0.4, -0.2) is 30.7 Å².